The van der Waals surface area contributed by atoms with E-state index in [1.165, 1.54) is 11.1 Å². The minimum atomic E-state index is 0.597. The molecule has 14 heavy (non-hydrogen) atoms. The zero-order chi connectivity index (χ0) is 9.80. The van der Waals surface area contributed by atoms with Crippen LogP contribution in [0.2, 0.25) is 0 Å². The average Bonchev–Trinajstić information content (AvgIpc) is 2.67. The second-order valence-corrected chi connectivity index (χ2v) is 3.87. The molecule has 0 saturated heterocycles. The summed E-state index contributed by atoms with van der Waals surface area (Å²) in [6.45, 7) is 2.62. The predicted molar refractivity (Wildman–Crippen MR) is 57.6 cm³/mol. The predicted octanol–water partition coefficient (Wildman–Crippen LogP) is 3.03. The number of hydrogen-bond acceptors (Lipinski definition) is 3. The van der Waals surface area contributed by atoms with E-state index in [9.17, 15) is 0 Å². The third-order valence-electron chi connectivity index (χ3n) is 1.86. The van der Waals surface area contributed by atoms with E-state index in [0.717, 1.165) is 0 Å². The molecule has 0 radical (unpaired) electrons. The number of pyridine rings is 1. The van der Waals surface area contributed by atoms with Crippen molar-refractivity contribution in [1.82, 2.24) is 4.98 Å². The zero-order valence-electron chi connectivity index (χ0n) is 7.93. The van der Waals surface area contributed by atoms with Crippen molar-refractivity contribution in [2.24, 2.45) is 0 Å². The van der Waals surface area contributed by atoms with Gasteiger partial charge in [-0.1, -0.05) is 0 Å². The lowest BCUT2D eigenvalue weighted by atomic mass is 10.3. The van der Waals surface area contributed by atoms with Crippen molar-refractivity contribution in [3.8, 4) is 5.88 Å². The Hall–Kier alpha value is -1.35. The molecule has 0 fully saturated rings. The van der Waals surface area contributed by atoms with E-state index in [0.29, 0.717) is 12.5 Å². The Morgan fingerprint density at radius 1 is 1.43 bits per heavy atom. The van der Waals surface area contributed by atoms with Gasteiger partial charge in [-0.2, -0.15) is 11.3 Å². The molecule has 0 aliphatic heterocycles. The van der Waals surface area contributed by atoms with E-state index < -0.39 is 0 Å². The van der Waals surface area contributed by atoms with E-state index >= 15 is 0 Å². The van der Waals surface area contributed by atoms with Crippen molar-refractivity contribution in [1.29, 1.82) is 0 Å². The monoisotopic (exact) mass is 205 g/mol. The topological polar surface area (TPSA) is 22.1 Å². The molecule has 3 heteroatoms. The van der Waals surface area contributed by atoms with Gasteiger partial charge in [0.15, 0.2) is 0 Å². The second kappa shape index (κ2) is 4.24. The van der Waals surface area contributed by atoms with Crippen molar-refractivity contribution < 1.29 is 4.74 Å². The molecular formula is C11H11NOS. The molecule has 0 bridgehead atoms. The SMILES string of the molecule is Cc1ccnc(OCc2ccsc2)c1. The first kappa shape index (κ1) is 9.21. The van der Waals surface area contributed by atoms with Crippen molar-refractivity contribution in [3.05, 3.63) is 46.3 Å². The third kappa shape index (κ3) is 2.33. The van der Waals surface area contributed by atoms with Gasteiger partial charge in [0.05, 0.1) is 0 Å². The first-order valence-electron chi connectivity index (χ1n) is 4.41. The van der Waals surface area contributed by atoms with Crippen molar-refractivity contribution >= 4 is 11.3 Å². The Morgan fingerprint density at radius 3 is 3.07 bits per heavy atom. The molecular weight excluding hydrogens is 194 g/mol. The highest BCUT2D eigenvalue weighted by Gasteiger charge is 1.97. The highest BCUT2D eigenvalue weighted by atomic mass is 32.1. The van der Waals surface area contributed by atoms with Gasteiger partial charge in [0, 0.05) is 17.8 Å². The minimum Gasteiger partial charge on any atom is -0.473 e. The summed E-state index contributed by atoms with van der Waals surface area (Å²) in [7, 11) is 0. The van der Waals surface area contributed by atoms with Crippen LogP contribution in [0.3, 0.4) is 0 Å². The van der Waals surface area contributed by atoms with Gasteiger partial charge in [-0.15, -0.1) is 0 Å². The van der Waals surface area contributed by atoms with Crippen LogP contribution in [0.25, 0.3) is 0 Å². The highest BCUT2D eigenvalue weighted by molar-refractivity contribution is 7.07. The molecule has 0 aliphatic rings. The van der Waals surface area contributed by atoms with Gasteiger partial charge in [-0.05, 0) is 35.4 Å². The molecule has 2 aromatic rings. The Morgan fingerprint density at radius 2 is 2.36 bits per heavy atom. The summed E-state index contributed by atoms with van der Waals surface area (Å²) in [4.78, 5) is 4.12. The number of hydrogen-bond donors (Lipinski definition) is 0. The van der Waals surface area contributed by atoms with Gasteiger partial charge in [0.2, 0.25) is 5.88 Å². The molecule has 0 saturated carbocycles. The van der Waals surface area contributed by atoms with Crippen molar-refractivity contribution in [2.75, 3.05) is 0 Å². The lowest BCUT2D eigenvalue weighted by molar-refractivity contribution is 0.294. The molecule has 2 rings (SSSR count). The summed E-state index contributed by atoms with van der Waals surface area (Å²) in [6, 6.07) is 5.95. The molecule has 2 heterocycles. The number of nitrogens with zero attached hydrogens (tertiary/aromatic N) is 1. The number of aromatic nitrogens is 1. The van der Waals surface area contributed by atoms with Gasteiger partial charge in [-0.25, -0.2) is 4.98 Å². The summed E-state index contributed by atoms with van der Waals surface area (Å²) in [5, 5.41) is 4.12. The largest absolute Gasteiger partial charge is 0.473 e. The molecule has 0 atom stereocenters. The van der Waals surface area contributed by atoms with Crippen LogP contribution in [0.1, 0.15) is 11.1 Å². The molecule has 0 amide bonds. The maximum absolute atomic E-state index is 5.53. The zero-order valence-corrected chi connectivity index (χ0v) is 8.75. The minimum absolute atomic E-state index is 0.597. The summed E-state index contributed by atoms with van der Waals surface area (Å²) in [5.74, 6) is 0.691. The molecule has 2 nitrogen and oxygen atoms in total. The van der Waals surface area contributed by atoms with Crippen molar-refractivity contribution in [2.45, 2.75) is 13.5 Å². The Kier molecular flexibility index (Phi) is 2.79. The standard InChI is InChI=1S/C11H11NOS/c1-9-2-4-12-11(6-9)13-7-10-3-5-14-8-10/h2-6,8H,7H2,1H3. The number of ether oxygens (including phenoxy) is 1. The molecule has 0 spiro atoms. The second-order valence-electron chi connectivity index (χ2n) is 3.09. The molecule has 2 aromatic heterocycles. The number of thiophene rings is 1. The van der Waals surface area contributed by atoms with E-state index in [2.05, 4.69) is 16.4 Å². The van der Waals surface area contributed by atoms with Crippen LogP contribution in [0.15, 0.2) is 35.2 Å². The van der Waals surface area contributed by atoms with Crippen LogP contribution in [-0.4, -0.2) is 4.98 Å². The van der Waals surface area contributed by atoms with Crippen LogP contribution in [0.4, 0.5) is 0 Å². The first-order chi connectivity index (χ1) is 6.84. The lowest BCUT2D eigenvalue weighted by Gasteiger charge is -2.03. The summed E-state index contributed by atoms with van der Waals surface area (Å²) in [6.07, 6.45) is 1.76. The van der Waals surface area contributed by atoms with Crippen LogP contribution in [-0.2, 0) is 6.61 Å². The van der Waals surface area contributed by atoms with E-state index in [1.54, 1.807) is 17.5 Å². The molecule has 0 unspecified atom stereocenters. The summed E-state index contributed by atoms with van der Waals surface area (Å²) in [5.41, 5.74) is 2.36. The summed E-state index contributed by atoms with van der Waals surface area (Å²) >= 11 is 1.68. The van der Waals surface area contributed by atoms with Crippen LogP contribution < -0.4 is 4.74 Å². The van der Waals surface area contributed by atoms with Crippen LogP contribution >= 0.6 is 11.3 Å². The molecule has 0 aliphatic carbocycles. The maximum Gasteiger partial charge on any atom is 0.213 e. The smallest absolute Gasteiger partial charge is 0.213 e. The van der Waals surface area contributed by atoms with Gasteiger partial charge in [0.1, 0.15) is 6.61 Å². The Bertz CT molecular complexity index is 397. The van der Waals surface area contributed by atoms with Gasteiger partial charge >= 0.3 is 0 Å². The lowest BCUT2D eigenvalue weighted by Crippen LogP contribution is -1.95. The number of aryl methyl sites for hydroxylation is 1. The molecule has 72 valence electrons. The molecule has 0 N–H and O–H groups in total. The van der Waals surface area contributed by atoms with Gasteiger partial charge in [0.25, 0.3) is 0 Å². The Labute approximate surface area is 87.2 Å². The number of rotatable bonds is 3. The third-order valence-corrected chi connectivity index (χ3v) is 2.59. The maximum atomic E-state index is 5.53. The van der Waals surface area contributed by atoms with Gasteiger partial charge < -0.3 is 4.74 Å². The van der Waals surface area contributed by atoms with Crippen LogP contribution in [0.5, 0.6) is 5.88 Å². The molecule has 0 aromatic carbocycles. The van der Waals surface area contributed by atoms with E-state index in [-0.39, 0.29) is 0 Å². The fourth-order valence-corrected chi connectivity index (χ4v) is 1.77. The van der Waals surface area contributed by atoms with Gasteiger partial charge in [-0.3, -0.25) is 0 Å². The van der Waals surface area contributed by atoms with E-state index in [1.807, 2.05) is 24.4 Å². The quantitative estimate of drug-likeness (QED) is 0.768. The van der Waals surface area contributed by atoms with Crippen LogP contribution in [0, 0.1) is 6.92 Å². The Balaban J connectivity index is 1.98. The van der Waals surface area contributed by atoms with E-state index in [4.69, 9.17) is 4.74 Å². The normalized spacial score (nSPS) is 10.1. The van der Waals surface area contributed by atoms with Crippen molar-refractivity contribution in [3.63, 3.8) is 0 Å². The fraction of sp³-hybridized carbons (Fsp3) is 0.182. The summed E-state index contributed by atoms with van der Waals surface area (Å²) < 4.78 is 5.53. The fourth-order valence-electron chi connectivity index (χ4n) is 1.12. The first-order valence-corrected chi connectivity index (χ1v) is 5.35. The highest BCUT2D eigenvalue weighted by Crippen LogP contribution is 2.12. The average molecular weight is 205 g/mol.